The third kappa shape index (κ3) is 5.83. The van der Waals surface area contributed by atoms with E-state index < -0.39 is 0 Å². The van der Waals surface area contributed by atoms with E-state index >= 15 is 0 Å². The van der Waals surface area contributed by atoms with Crippen LogP contribution in [0.3, 0.4) is 0 Å². The van der Waals surface area contributed by atoms with Gasteiger partial charge in [0.25, 0.3) is 5.91 Å². The van der Waals surface area contributed by atoms with Crippen LogP contribution >= 0.6 is 0 Å². The number of rotatable bonds is 9. The minimum atomic E-state index is -0.195. The molecule has 29 heavy (non-hydrogen) atoms. The van der Waals surface area contributed by atoms with E-state index in [2.05, 4.69) is 5.32 Å². The highest BCUT2D eigenvalue weighted by atomic mass is 16.5. The maximum atomic E-state index is 12.5. The largest absolute Gasteiger partial charge is 0.497 e. The van der Waals surface area contributed by atoms with Crippen LogP contribution in [0, 0.1) is 0 Å². The number of hydrogen-bond acceptors (Lipinski definition) is 4. The Kier molecular flexibility index (Phi) is 7.25. The van der Waals surface area contributed by atoms with Crippen molar-refractivity contribution < 1.29 is 19.0 Å². The van der Waals surface area contributed by atoms with Crippen molar-refractivity contribution in [2.45, 2.75) is 19.8 Å². The zero-order chi connectivity index (χ0) is 20.5. The first-order valence-corrected chi connectivity index (χ1v) is 9.39. The lowest BCUT2D eigenvalue weighted by molar-refractivity contribution is 0.0947. The zero-order valence-electron chi connectivity index (χ0n) is 16.7. The molecule has 1 amide bonds. The van der Waals surface area contributed by atoms with Crippen LogP contribution in [0.25, 0.3) is 0 Å². The Labute approximate surface area is 171 Å². The van der Waals surface area contributed by atoms with Crippen molar-refractivity contribution in [2.75, 3.05) is 14.2 Å². The molecule has 0 atom stereocenters. The number of ether oxygens (including phenoxy) is 3. The van der Waals surface area contributed by atoms with E-state index in [-0.39, 0.29) is 5.91 Å². The summed E-state index contributed by atoms with van der Waals surface area (Å²) in [6.07, 6.45) is 0. The number of methoxy groups -OCH3 is 2. The summed E-state index contributed by atoms with van der Waals surface area (Å²) < 4.78 is 16.2. The fraction of sp³-hybridized carbons (Fsp3) is 0.208. The van der Waals surface area contributed by atoms with Crippen molar-refractivity contribution in [1.82, 2.24) is 5.32 Å². The molecule has 3 rings (SSSR count). The smallest absolute Gasteiger partial charge is 0.255 e. The van der Waals surface area contributed by atoms with Crippen LogP contribution in [-0.2, 0) is 24.5 Å². The molecule has 1 N–H and O–H groups in total. The van der Waals surface area contributed by atoms with Gasteiger partial charge in [-0.2, -0.15) is 0 Å². The van der Waals surface area contributed by atoms with E-state index in [0.29, 0.717) is 36.8 Å². The summed E-state index contributed by atoms with van der Waals surface area (Å²) in [7, 11) is 3.11. The molecule has 5 nitrogen and oxygen atoms in total. The van der Waals surface area contributed by atoms with E-state index in [1.165, 1.54) is 7.11 Å². The zero-order valence-corrected chi connectivity index (χ0v) is 16.7. The van der Waals surface area contributed by atoms with Gasteiger partial charge in [-0.05, 0) is 28.8 Å². The second kappa shape index (κ2) is 10.3. The van der Waals surface area contributed by atoms with Gasteiger partial charge in [0.2, 0.25) is 0 Å². The third-order valence-electron chi connectivity index (χ3n) is 4.51. The molecule has 0 aliphatic heterocycles. The summed E-state index contributed by atoms with van der Waals surface area (Å²) in [6.45, 7) is 1.56. The minimum absolute atomic E-state index is 0.195. The van der Waals surface area contributed by atoms with Crippen LogP contribution in [0.1, 0.15) is 27.0 Å². The van der Waals surface area contributed by atoms with Gasteiger partial charge >= 0.3 is 0 Å². The summed E-state index contributed by atoms with van der Waals surface area (Å²) in [4.78, 5) is 12.5. The van der Waals surface area contributed by atoms with Gasteiger partial charge in [-0.25, -0.2) is 0 Å². The lowest BCUT2D eigenvalue weighted by Crippen LogP contribution is -2.23. The summed E-state index contributed by atoms with van der Waals surface area (Å²) in [5.41, 5.74) is 3.73. The minimum Gasteiger partial charge on any atom is -0.497 e. The Morgan fingerprint density at radius 2 is 1.45 bits per heavy atom. The number of hydrogen-bond donors (Lipinski definition) is 1. The van der Waals surface area contributed by atoms with Gasteiger partial charge in [-0.15, -0.1) is 0 Å². The maximum Gasteiger partial charge on any atom is 0.255 e. The molecule has 0 aliphatic carbocycles. The van der Waals surface area contributed by atoms with Crippen molar-refractivity contribution >= 4 is 5.91 Å². The van der Waals surface area contributed by atoms with Gasteiger partial charge in [-0.3, -0.25) is 4.79 Å². The Morgan fingerprint density at radius 1 is 0.793 bits per heavy atom. The number of amides is 1. The molecule has 0 saturated heterocycles. The topological polar surface area (TPSA) is 56.8 Å². The summed E-state index contributed by atoms with van der Waals surface area (Å²) in [5, 5.41) is 2.92. The normalized spacial score (nSPS) is 10.4. The highest BCUT2D eigenvalue weighted by molar-refractivity contribution is 5.97. The Morgan fingerprint density at radius 3 is 2.10 bits per heavy atom. The molecule has 150 valence electrons. The average molecular weight is 391 g/mol. The molecule has 0 aliphatic rings. The Bertz CT molecular complexity index is 923. The van der Waals surface area contributed by atoms with Crippen molar-refractivity contribution in [3.63, 3.8) is 0 Å². The molecule has 0 fully saturated rings. The van der Waals surface area contributed by atoms with Crippen molar-refractivity contribution in [2.24, 2.45) is 0 Å². The molecule has 5 heteroatoms. The van der Waals surface area contributed by atoms with E-state index in [0.717, 1.165) is 16.7 Å². The van der Waals surface area contributed by atoms with Crippen LogP contribution < -0.4 is 14.8 Å². The van der Waals surface area contributed by atoms with Gasteiger partial charge < -0.3 is 19.5 Å². The number of carbonyl (C=O) groups excluding carboxylic acids is 1. The molecule has 0 radical (unpaired) electrons. The maximum absolute atomic E-state index is 12.5. The second-order valence-electron chi connectivity index (χ2n) is 6.54. The standard InChI is InChI=1S/C24H25NO4/c1-27-21-12-13-22(23(14-21)28-2)24(26)25-15-18-8-10-20(11-9-18)17-29-16-19-6-4-3-5-7-19/h3-14H,15-17H2,1-2H3,(H,25,26). The summed E-state index contributed by atoms with van der Waals surface area (Å²) >= 11 is 0. The van der Waals surface area contributed by atoms with E-state index in [1.807, 2.05) is 54.6 Å². The highest BCUT2D eigenvalue weighted by Gasteiger charge is 2.13. The van der Waals surface area contributed by atoms with Crippen LogP contribution in [0.2, 0.25) is 0 Å². The lowest BCUT2D eigenvalue weighted by Gasteiger charge is -2.11. The highest BCUT2D eigenvalue weighted by Crippen LogP contribution is 2.24. The molecule has 0 saturated carbocycles. The first-order valence-electron chi connectivity index (χ1n) is 9.39. The van der Waals surface area contributed by atoms with Crippen molar-refractivity contribution in [3.8, 4) is 11.5 Å². The van der Waals surface area contributed by atoms with Crippen molar-refractivity contribution in [3.05, 3.63) is 95.1 Å². The number of benzene rings is 3. The van der Waals surface area contributed by atoms with Gasteiger partial charge in [0.05, 0.1) is 33.0 Å². The molecule has 0 bridgehead atoms. The number of carbonyl (C=O) groups is 1. The van der Waals surface area contributed by atoms with Gasteiger partial charge in [0, 0.05) is 12.6 Å². The van der Waals surface area contributed by atoms with Crippen LogP contribution in [0.4, 0.5) is 0 Å². The Balaban J connectivity index is 1.50. The SMILES string of the molecule is COc1ccc(C(=O)NCc2ccc(COCc3ccccc3)cc2)c(OC)c1. The van der Waals surface area contributed by atoms with E-state index in [4.69, 9.17) is 14.2 Å². The lowest BCUT2D eigenvalue weighted by atomic mass is 10.1. The molecular formula is C24H25NO4. The van der Waals surface area contributed by atoms with Crippen LogP contribution in [0.5, 0.6) is 11.5 Å². The molecule has 0 heterocycles. The second-order valence-corrected chi connectivity index (χ2v) is 6.54. The van der Waals surface area contributed by atoms with Crippen LogP contribution in [0.15, 0.2) is 72.8 Å². The number of nitrogens with one attached hydrogen (secondary N) is 1. The predicted octanol–water partition coefficient (Wildman–Crippen LogP) is 4.35. The van der Waals surface area contributed by atoms with Gasteiger partial charge in [0.1, 0.15) is 11.5 Å². The summed E-state index contributed by atoms with van der Waals surface area (Å²) in [6, 6.07) is 23.2. The monoisotopic (exact) mass is 391 g/mol. The fourth-order valence-electron chi connectivity index (χ4n) is 2.88. The summed E-state index contributed by atoms with van der Waals surface area (Å²) in [5.74, 6) is 0.927. The molecular weight excluding hydrogens is 366 g/mol. The Hall–Kier alpha value is -3.31. The van der Waals surface area contributed by atoms with E-state index in [1.54, 1.807) is 25.3 Å². The first-order chi connectivity index (χ1) is 14.2. The molecule has 0 spiro atoms. The fourth-order valence-corrected chi connectivity index (χ4v) is 2.88. The molecule has 0 unspecified atom stereocenters. The van der Waals surface area contributed by atoms with Crippen LogP contribution in [-0.4, -0.2) is 20.1 Å². The van der Waals surface area contributed by atoms with Gasteiger partial charge in [0.15, 0.2) is 0 Å². The van der Waals surface area contributed by atoms with Gasteiger partial charge in [-0.1, -0.05) is 54.6 Å². The molecule has 0 aromatic heterocycles. The quantitative estimate of drug-likeness (QED) is 0.589. The average Bonchev–Trinajstić information content (AvgIpc) is 2.78. The predicted molar refractivity (Wildman–Crippen MR) is 112 cm³/mol. The third-order valence-corrected chi connectivity index (χ3v) is 4.51. The van der Waals surface area contributed by atoms with Crippen molar-refractivity contribution in [1.29, 1.82) is 0 Å². The molecule has 3 aromatic rings. The molecule has 3 aromatic carbocycles. The first kappa shape index (κ1) is 20.4. The van der Waals surface area contributed by atoms with E-state index in [9.17, 15) is 4.79 Å².